The Morgan fingerprint density at radius 2 is 2.19 bits per heavy atom. The van der Waals surface area contributed by atoms with Gasteiger partial charge in [0.05, 0.1) is 23.3 Å². The minimum Gasteiger partial charge on any atom is -0.367 e. The molecule has 1 atom stereocenters. The van der Waals surface area contributed by atoms with Gasteiger partial charge in [-0.3, -0.25) is 4.79 Å². The molecule has 1 aliphatic heterocycles. The average molecular weight is 332 g/mol. The molecule has 1 saturated heterocycles. The van der Waals surface area contributed by atoms with Crippen molar-refractivity contribution in [1.29, 1.82) is 0 Å². The second-order valence-corrected chi connectivity index (χ2v) is 8.10. The van der Waals surface area contributed by atoms with Crippen LogP contribution in [-0.2, 0) is 10.2 Å². The quantitative estimate of drug-likeness (QED) is 0.782. The zero-order valence-electron chi connectivity index (χ0n) is 13.1. The van der Waals surface area contributed by atoms with Gasteiger partial charge in [0.15, 0.2) is 0 Å². The molecular weight excluding hydrogens is 310 g/mol. The van der Waals surface area contributed by atoms with Gasteiger partial charge in [0, 0.05) is 18.5 Å². The maximum absolute atomic E-state index is 12.8. The molecule has 1 amide bonds. The first kappa shape index (κ1) is 16.6. The molecule has 7 heteroatoms. The zero-order chi connectivity index (χ0) is 15.8. The maximum Gasteiger partial charge on any atom is 0.267 e. The van der Waals surface area contributed by atoms with Gasteiger partial charge in [-0.2, -0.15) is 0 Å². The van der Waals surface area contributed by atoms with Gasteiger partial charge in [-0.05, 0) is 25.4 Å². The summed E-state index contributed by atoms with van der Waals surface area (Å²) in [6.45, 7) is 11.1. The van der Waals surface area contributed by atoms with Crippen molar-refractivity contribution in [2.45, 2.75) is 51.7 Å². The predicted molar refractivity (Wildman–Crippen MR) is 84.2 cm³/mol. The number of halogens is 1. The molecule has 1 unspecified atom stereocenters. The zero-order valence-corrected chi connectivity index (χ0v) is 14.7. The van der Waals surface area contributed by atoms with Crippen LogP contribution in [0.2, 0.25) is 0 Å². The highest BCUT2D eigenvalue weighted by molar-refractivity contribution is 7.08. The summed E-state index contributed by atoms with van der Waals surface area (Å²) < 4.78 is 9.83. The van der Waals surface area contributed by atoms with Crippen molar-refractivity contribution in [3.05, 3.63) is 10.6 Å². The maximum atomic E-state index is 12.8. The predicted octanol–water partition coefficient (Wildman–Crippen LogP) is 2.69. The lowest BCUT2D eigenvalue weighted by molar-refractivity contribution is -0.117. The van der Waals surface area contributed by atoms with E-state index >= 15 is 0 Å². The summed E-state index contributed by atoms with van der Waals surface area (Å²) >= 11 is 7.08. The minimum absolute atomic E-state index is 0.0265. The molecule has 0 saturated carbocycles. The van der Waals surface area contributed by atoms with E-state index in [-0.39, 0.29) is 17.4 Å². The summed E-state index contributed by atoms with van der Waals surface area (Å²) in [6.07, 6.45) is -0.140. The molecule has 2 rings (SSSR count). The van der Waals surface area contributed by atoms with Crippen LogP contribution in [0.4, 0.5) is 0 Å². The van der Waals surface area contributed by atoms with Crippen LogP contribution in [-0.4, -0.2) is 51.1 Å². The van der Waals surface area contributed by atoms with Gasteiger partial charge in [0.2, 0.25) is 0 Å². The van der Waals surface area contributed by atoms with E-state index in [0.29, 0.717) is 23.8 Å². The van der Waals surface area contributed by atoms with Gasteiger partial charge >= 0.3 is 0 Å². The highest BCUT2D eigenvalue weighted by atomic mass is 35.5. The van der Waals surface area contributed by atoms with Gasteiger partial charge in [-0.25, -0.2) is 0 Å². The third-order valence-electron chi connectivity index (χ3n) is 3.33. The average Bonchev–Trinajstić information content (AvgIpc) is 2.84. The lowest BCUT2D eigenvalue weighted by Crippen LogP contribution is -2.55. The summed E-state index contributed by atoms with van der Waals surface area (Å²) in [5, 5.41) is 4.14. The molecule has 0 bridgehead atoms. The molecule has 0 aromatic carbocycles. The number of amides is 1. The summed E-state index contributed by atoms with van der Waals surface area (Å²) in [5.74, 6) is 0.349. The molecule has 0 N–H and O–H groups in total. The van der Waals surface area contributed by atoms with Crippen LogP contribution in [0.1, 0.15) is 50.0 Å². The summed E-state index contributed by atoms with van der Waals surface area (Å²) in [5.41, 5.74) is 0.156. The highest BCUT2D eigenvalue weighted by Crippen LogP contribution is 2.29. The molecule has 21 heavy (non-hydrogen) atoms. The molecule has 0 radical (unpaired) electrons. The third kappa shape index (κ3) is 3.73. The first-order valence-corrected chi connectivity index (χ1v) is 8.31. The standard InChI is InChI=1S/C14H22ClN3O2S/c1-13(2,3)11-10(21-17-16-11)12(19)18-7-9(6-15)20-14(4,5)8-18/h9H,6-8H2,1-5H3. The Morgan fingerprint density at radius 3 is 2.76 bits per heavy atom. The molecule has 1 aliphatic rings. The Morgan fingerprint density at radius 1 is 1.52 bits per heavy atom. The SMILES string of the molecule is CC1(C)CN(C(=O)c2snnc2C(C)(C)C)CC(CCl)O1. The van der Waals surface area contributed by atoms with Crippen molar-refractivity contribution in [2.75, 3.05) is 19.0 Å². The molecule has 1 aromatic heterocycles. The van der Waals surface area contributed by atoms with Crippen molar-refractivity contribution in [3.63, 3.8) is 0 Å². The number of hydrogen-bond acceptors (Lipinski definition) is 5. The molecule has 5 nitrogen and oxygen atoms in total. The normalized spacial score (nSPS) is 22.4. The Labute approximate surface area is 134 Å². The molecule has 2 heterocycles. The van der Waals surface area contributed by atoms with E-state index in [2.05, 4.69) is 9.59 Å². The van der Waals surface area contributed by atoms with E-state index in [1.165, 1.54) is 0 Å². The topological polar surface area (TPSA) is 55.3 Å². The van der Waals surface area contributed by atoms with E-state index in [0.717, 1.165) is 17.2 Å². The van der Waals surface area contributed by atoms with Gasteiger partial charge in [-0.15, -0.1) is 16.7 Å². The van der Waals surface area contributed by atoms with Crippen LogP contribution in [0.5, 0.6) is 0 Å². The Kier molecular flexibility index (Phi) is 4.61. The van der Waals surface area contributed by atoms with Crippen molar-refractivity contribution in [3.8, 4) is 0 Å². The van der Waals surface area contributed by atoms with Crippen molar-refractivity contribution >= 4 is 29.0 Å². The van der Waals surface area contributed by atoms with Gasteiger partial charge in [-0.1, -0.05) is 25.3 Å². The summed E-state index contributed by atoms with van der Waals surface area (Å²) in [6, 6.07) is 0. The van der Waals surface area contributed by atoms with Crippen LogP contribution in [0, 0.1) is 0 Å². The van der Waals surface area contributed by atoms with Crippen LogP contribution in [0.3, 0.4) is 0 Å². The number of carbonyl (C=O) groups excluding carboxylic acids is 1. The van der Waals surface area contributed by atoms with Crippen molar-refractivity contribution in [1.82, 2.24) is 14.5 Å². The molecule has 0 aliphatic carbocycles. The van der Waals surface area contributed by atoms with E-state index in [1.807, 2.05) is 34.6 Å². The Bertz CT molecular complexity index is 525. The van der Waals surface area contributed by atoms with Gasteiger partial charge in [0.1, 0.15) is 4.88 Å². The Hall–Kier alpha value is -0.720. The summed E-state index contributed by atoms with van der Waals surface area (Å²) in [7, 11) is 0. The smallest absolute Gasteiger partial charge is 0.267 e. The minimum atomic E-state index is -0.395. The molecule has 0 spiro atoms. The number of morpholine rings is 1. The van der Waals surface area contributed by atoms with E-state index in [9.17, 15) is 4.79 Å². The largest absolute Gasteiger partial charge is 0.367 e. The lowest BCUT2D eigenvalue weighted by Gasteiger charge is -2.42. The van der Waals surface area contributed by atoms with Crippen LogP contribution >= 0.6 is 23.1 Å². The monoisotopic (exact) mass is 331 g/mol. The number of hydrogen-bond donors (Lipinski definition) is 0. The summed E-state index contributed by atoms with van der Waals surface area (Å²) in [4.78, 5) is 15.3. The van der Waals surface area contributed by atoms with Gasteiger partial charge in [0.25, 0.3) is 5.91 Å². The molecular formula is C14H22ClN3O2S. The number of nitrogens with zero attached hydrogens (tertiary/aromatic N) is 3. The van der Waals surface area contributed by atoms with Gasteiger partial charge < -0.3 is 9.64 Å². The fraction of sp³-hybridized carbons (Fsp3) is 0.786. The molecule has 1 fully saturated rings. The fourth-order valence-corrected chi connectivity index (χ4v) is 3.50. The molecule has 118 valence electrons. The van der Waals surface area contributed by atoms with Crippen LogP contribution in [0.15, 0.2) is 0 Å². The van der Waals surface area contributed by atoms with E-state index in [4.69, 9.17) is 16.3 Å². The number of ether oxygens (including phenoxy) is 1. The van der Waals surface area contributed by atoms with E-state index < -0.39 is 5.60 Å². The number of alkyl halides is 1. The number of carbonyl (C=O) groups is 1. The first-order chi connectivity index (χ1) is 9.64. The second-order valence-electron chi connectivity index (χ2n) is 7.04. The lowest BCUT2D eigenvalue weighted by atomic mass is 9.91. The number of rotatable bonds is 2. The molecule has 1 aromatic rings. The van der Waals surface area contributed by atoms with Crippen LogP contribution < -0.4 is 0 Å². The number of aromatic nitrogens is 2. The third-order valence-corrected chi connectivity index (χ3v) is 4.39. The second kappa shape index (κ2) is 5.82. The Balaban J connectivity index is 2.26. The van der Waals surface area contributed by atoms with E-state index in [1.54, 1.807) is 4.90 Å². The van der Waals surface area contributed by atoms with Crippen molar-refractivity contribution < 1.29 is 9.53 Å². The highest BCUT2D eigenvalue weighted by Gasteiger charge is 2.37. The fourth-order valence-electron chi connectivity index (χ4n) is 2.50. The van der Waals surface area contributed by atoms with Crippen molar-refractivity contribution in [2.24, 2.45) is 0 Å². The first-order valence-electron chi connectivity index (χ1n) is 7.00. The van der Waals surface area contributed by atoms with Crippen LogP contribution in [0.25, 0.3) is 0 Å².